The molecule has 0 unspecified atom stereocenters. The number of fused-ring (bicyclic) bond motifs is 1. The van der Waals surface area contributed by atoms with E-state index in [1.165, 1.54) is 0 Å². The number of para-hydroxylation sites is 1. The standard InChI is InChI=1S/C22H22N2O4/c1-14-12-18-6-4-5-7-20(18)24(14)21(25)15(2)28-22(26)16(3)27-19-10-8-17(13-23)9-11-19/h4-11,14-16H,12H2,1-3H3/t14-,15-,16+/m0/s1. The van der Waals surface area contributed by atoms with Crippen LogP contribution in [0.4, 0.5) is 5.69 Å². The van der Waals surface area contributed by atoms with E-state index < -0.39 is 18.2 Å². The molecule has 0 spiro atoms. The van der Waals surface area contributed by atoms with Crippen molar-refractivity contribution < 1.29 is 19.1 Å². The largest absolute Gasteiger partial charge is 0.479 e. The minimum absolute atomic E-state index is 0.0124. The molecule has 0 N–H and O–H groups in total. The average Bonchev–Trinajstić information content (AvgIpc) is 3.03. The predicted molar refractivity (Wildman–Crippen MR) is 104 cm³/mol. The van der Waals surface area contributed by atoms with E-state index in [1.54, 1.807) is 43.0 Å². The van der Waals surface area contributed by atoms with Crippen LogP contribution in [0.2, 0.25) is 0 Å². The van der Waals surface area contributed by atoms with Gasteiger partial charge in [-0.25, -0.2) is 4.79 Å². The fraction of sp³-hybridized carbons (Fsp3) is 0.318. The number of ether oxygens (including phenoxy) is 2. The number of nitrogens with zero attached hydrogens (tertiary/aromatic N) is 2. The molecule has 0 saturated heterocycles. The summed E-state index contributed by atoms with van der Waals surface area (Å²) in [6.07, 6.45) is -1.03. The first-order valence-corrected chi connectivity index (χ1v) is 9.19. The van der Waals surface area contributed by atoms with Crippen LogP contribution in [0.25, 0.3) is 0 Å². The molecule has 6 heteroatoms. The summed E-state index contributed by atoms with van der Waals surface area (Å²) in [5.41, 5.74) is 2.48. The summed E-state index contributed by atoms with van der Waals surface area (Å²) in [6, 6.07) is 16.2. The van der Waals surface area contributed by atoms with Crippen molar-refractivity contribution in [1.82, 2.24) is 0 Å². The van der Waals surface area contributed by atoms with Crippen molar-refractivity contribution in [1.29, 1.82) is 5.26 Å². The van der Waals surface area contributed by atoms with Gasteiger partial charge in [0, 0.05) is 11.7 Å². The van der Waals surface area contributed by atoms with E-state index >= 15 is 0 Å². The van der Waals surface area contributed by atoms with Gasteiger partial charge in [0.1, 0.15) is 5.75 Å². The minimum Gasteiger partial charge on any atom is -0.479 e. The third-order valence-electron chi connectivity index (χ3n) is 4.71. The van der Waals surface area contributed by atoms with Crippen molar-refractivity contribution >= 4 is 17.6 Å². The molecule has 3 atom stereocenters. The van der Waals surface area contributed by atoms with Gasteiger partial charge in [0.25, 0.3) is 5.91 Å². The molecule has 0 aliphatic carbocycles. The first-order chi connectivity index (χ1) is 13.4. The van der Waals surface area contributed by atoms with E-state index in [1.807, 2.05) is 37.3 Å². The van der Waals surface area contributed by atoms with Gasteiger partial charge in [-0.15, -0.1) is 0 Å². The second-order valence-electron chi connectivity index (χ2n) is 6.87. The number of carbonyl (C=O) groups excluding carboxylic acids is 2. The molecule has 0 fully saturated rings. The van der Waals surface area contributed by atoms with Crippen LogP contribution in [0.3, 0.4) is 0 Å². The summed E-state index contributed by atoms with van der Waals surface area (Å²) in [7, 11) is 0. The molecule has 1 heterocycles. The van der Waals surface area contributed by atoms with Crippen molar-refractivity contribution in [2.45, 2.75) is 45.4 Å². The molecule has 0 saturated carbocycles. The van der Waals surface area contributed by atoms with Gasteiger partial charge in [0.15, 0.2) is 12.2 Å². The Kier molecular flexibility index (Phi) is 5.65. The van der Waals surface area contributed by atoms with Gasteiger partial charge >= 0.3 is 5.97 Å². The Bertz CT molecular complexity index is 917. The van der Waals surface area contributed by atoms with Gasteiger partial charge < -0.3 is 14.4 Å². The summed E-state index contributed by atoms with van der Waals surface area (Å²) in [4.78, 5) is 26.9. The number of carbonyl (C=O) groups is 2. The van der Waals surface area contributed by atoms with Gasteiger partial charge in [-0.1, -0.05) is 18.2 Å². The van der Waals surface area contributed by atoms with Crippen LogP contribution < -0.4 is 9.64 Å². The molecular weight excluding hydrogens is 356 g/mol. The van der Waals surface area contributed by atoms with E-state index in [9.17, 15) is 9.59 Å². The van der Waals surface area contributed by atoms with Crippen LogP contribution >= 0.6 is 0 Å². The number of rotatable bonds is 5. The Morgan fingerprint density at radius 3 is 2.46 bits per heavy atom. The summed E-state index contributed by atoms with van der Waals surface area (Å²) >= 11 is 0. The molecular formula is C22H22N2O4. The van der Waals surface area contributed by atoms with E-state index in [0.717, 1.165) is 17.7 Å². The van der Waals surface area contributed by atoms with Crippen LogP contribution in [-0.4, -0.2) is 30.1 Å². The molecule has 0 bridgehead atoms. The van der Waals surface area contributed by atoms with Gasteiger partial charge in [-0.2, -0.15) is 5.26 Å². The summed E-state index contributed by atoms with van der Waals surface area (Å²) < 4.78 is 10.9. The Morgan fingerprint density at radius 1 is 1.11 bits per heavy atom. The first kappa shape index (κ1) is 19.4. The molecule has 0 aromatic heterocycles. The lowest BCUT2D eigenvalue weighted by molar-refractivity contribution is -0.160. The van der Waals surface area contributed by atoms with E-state index in [-0.39, 0.29) is 11.9 Å². The van der Waals surface area contributed by atoms with Gasteiger partial charge in [-0.05, 0) is 63.1 Å². The molecule has 2 aromatic rings. The number of benzene rings is 2. The van der Waals surface area contributed by atoms with Crippen molar-refractivity contribution in [2.75, 3.05) is 4.90 Å². The molecule has 1 aliphatic rings. The highest BCUT2D eigenvalue weighted by molar-refractivity contribution is 5.99. The zero-order chi connectivity index (χ0) is 20.3. The number of esters is 1. The quantitative estimate of drug-likeness (QED) is 0.746. The van der Waals surface area contributed by atoms with Crippen molar-refractivity contribution in [3.8, 4) is 11.8 Å². The Hall–Kier alpha value is -3.33. The third-order valence-corrected chi connectivity index (χ3v) is 4.71. The first-order valence-electron chi connectivity index (χ1n) is 9.19. The van der Waals surface area contributed by atoms with Crippen molar-refractivity contribution in [3.63, 3.8) is 0 Å². The lowest BCUT2D eigenvalue weighted by atomic mass is 10.1. The van der Waals surface area contributed by atoms with Crippen molar-refractivity contribution in [3.05, 3.63) is 59.7 Å². The Morgan fingerprint density at radius 2 is 1.79 bits per heavy atom. The number of hydrogen-bond donors (Lipinski definition) is 0. The minimum atomic E-state index is -0.923. The van der Waals surface area contributed by atoms with Crippen LogP contribution in [0.15, 0.2) is 48.5 Å². The SMILES string of the molecule is C[C@H](OC(=O)[C@@H](C)Oc1ccc(C#N)cc1)C(=O)N1c2ccccc2C[C@@H]1C. The second-order valence-corrected chi connectivity index (χ2v) is 6.87. The molecule has 6 nitrogen and oxygen atoms in total. The predicted octanol–water partition coefficient (Wildman–Crippen LogP) is 3.24. The third kappa shape index (κ3) is 3.99. The smallest absolute Gasteiger partial charge is 0.347 e. The Labute approximate surface area is 164 Å². The maximum absolute atomic E-state index is 12.9. The van der Waals surface area contributed by atoms with E-state index in [2.05, 4.69) is 0 Å². The average molecular weight is 378 g/mol. The van der Waals surface area contributed by atoms with Crippen LogP contribution in [0, 0.1) is 11.3 Å². The van der Waals surface area contributed by atoms with Gasteiger partial charge in [-0.3, -0.25) is 4.79 Å². The van der Waals surface area contributed by atoms with Gasteiger partial charge in [0.05, 0.1) is 11.6 Å². The molecule has 144 valence electrons. The van der Waals surface area contributed by atoms with Crippen LogP contribution in [0.5, 0.6) is 5.75 Å². The van der Waals surface area contributed by atoms with Gasteiger partial charge in [0.2, 0.25) is 0 Å². The molecule has 1 amide bonds. The fourth-order valence-corrected chi connectivity index (χ4v) is 3.28. The van der Waals surface area contributed by atoms with Crippen LogP contribution in [0.1, 0.15) is 31.9 Å². The number of anilines is 1. The molecule has 1 aliphatic heterocycles. The van der Waals surface area contributed by atoms with E-state index in [0.29, 0.717) is 11.3 Å². The highest BCUT2D eigenvalue weighted by Gasteiger charge is 2.35. The normalized spacial score (nSPS) is 17.2. The number of amides is 1. The lowest BCUT2D eigenvalue weighted by Crippen LogP contribution is -2.44. The van der Waals surface area contributed by atoms with Crippen LogP contribution in [-0.2, 0) is 20.7 Å². The molecule has 28 heavy (non-hydrogen) atoms. The highest BCUT2D eigenvalue weighted by Crippen LogP contribution is 2.32. The molecule has 2 aromatic carbocycles. The topological polar surface area (TPSA) is 79.6 Å². The number of hydrogen-bond acceptors (Lipinski definition) is 5. The van der Waals surface area contributed by atoms with E-state index in [4.69, 9.17) is 14.7 Å². The fourth-order valence-electron chi connectivity index (χ4n) is 3.28. The maximum Gasteiger partial charge on any atom is 0.347 e. The summed E-state index contributed by atoms with van der Waals surface area (Å²) in [6.45, 7) is 5.11. The second kappa shape index (κ2) is 8.13. The van der Waals surface area contributed by atoms with Crippen molar-refractivity contribution in [2.24, 2.45) is 0 Å². The summed E-state index contributed by atoms with van der Waals surface area (Å²) in [5.74, 6) is -0.425. The molecule has 3 rings (SSSR count). The lowest BCUT2D eigenvalue weighted by Gasteiger charge is -2.26. The summed E-state index contributed by atoms with van der Waals surface area (Å²) in [5, 5.41) is 8.82. The zero-order valence-electron chi connectivity index (χ0n) is 16.1. The maximum atomic E-state index is 12.9. The monoisotopic (exact) mass is 378 g/mol. The zero-order valence-corrected chi connectivity index (χ0v) is 16.1. The number of nitriles is 1. The highest BCUT2D eigenvalue weighted by atomic mass is 16.6. The Balaban J connectivity index is 1.61. The molecule has 0 radical (unpaired) electrons.